The topological polar surface area (TPSA) is 49.4 Å². The Balaban J connectivity index is 2.62. The average Bonchev–Trinajstić information content (AvgIpc) is 2.40. The lowest BCUT2D eigenvalue weighted by molar-refractivity contribution is 0.339. The highest BCUT2D eigenvalue weighted by Crippen LogP contribution is 2.13. The van der Waals surface area contributed by atoms with E-state index in [9.17, 15) is 12.8 Å². The van der Waals surface area contributed by atoms with Crippen molar-refractivity contribution in [2.45, 2.75) is 26.4 Å². The molecule has 120 valence electrons. The molecule has 0 unspecified atom stereocenters. The molecule has 0 aliphatic carbocycles. The highest BCUT2D eigenvalue weighted by Gasteiger charge is 2.09. The Labute approximate surface area is 127 Å². The van der Waals surface area contributed by atoms with Gasteiger partial charge in [0.15, 0.2) is 0 Å². The van der Waals surface area contributed by atoms with E-state index in [1.165, 1.54) is 12.3 Å². The molecule has 1 aromatic carbocycles. The smallest absolute Gasteiger partial charge is 0.148 e. The van der Waals surface area contributed by atoms with Gasteiger partial charge in [-0.05, 0) is 31.6 Å². The summed E-state index contributed by atoms with van der Waals surface area (Å²) in [5.41, 5.74) is 1.64. The highest BCUT2D eigenvalue weighted by atomic mass is 32.2. The SMILES string of the molecule is CCCNCc1ccc(F)c(CN(C)CCS(C)(=O)=O)c1. The Morgan fingerprint density at radius 1 is 1.33 bits per heavy atom. The van der Waals surface area contributed by atoms with E-state index in [2.05, 4.69) is 12.2 Å². The molecule has 0 aromatic heterocycles. The Bertz CT molecular complexity index is 547. The van der Waals surface area contributed by atoms with Crippen LogP contribution in [0.25, 0.3) is 0 Å². The second kappa shape index (κ2) is 8.46. The molecule has 1 N–H and O–H groups in total. The zero-order valence-electron chi connectivity index (χ0n) is 13.0. The molecule has 0 heterocycles. The van der Waals surface area contributed by atoms with Crippen LogP contribution in [0.1, 0.15) is 24.5 Å². The molecular weight excluding hydrogens is 291 g/mol. The molecule has 6 heteroatoms. The lowest BCUT2D eigenvalue weighted by Crippen LogP contribution is -2.25. The molecule has 0 aliphatic rings. The van der Waals surface area contributed by atoms with E-state index in [1.54, 1.807) is 13.1 Å². The molecule has 0 spiro atoms. The summed E-state index contributed by atoms with van der Waals surface area (Å²) in [6.45, 7) is 4.55. The molecular formula is C15H25FN2O2S. The summed E-state index contributed by atoms with van der Waals surface area (Å²) in [6, 6.07) is 5.09. The highest BCUT2D eigenvalue weighted by molar-refractivity contribution is 7.90. The van der Waals surface area contributed by atoms with Crippen LogP contribution in [0.2, 0.25) is 0 Å². The Morgan fingerprint density at radius 2 is 2.05 bits per heavy atom. The summed E-state index contributed by atoms with van der Waals surface area (Å²) in [7, 11) is -1.19. The first-order valence-electron chi connectivity index (χ1n) is 7.16. The van der Waals surface area contributed by atoms with Gasteiger partial charge in [0.25, 0.3) is 0 Å². The van der Waals surface area contributed by atoms with E-state index < -0.39 is 9.84 Å². The third kappa shape index (κ3) is 7.55. The van der Waals surface area contributed by atoms with Gasteiger partial charge in [0, 0.05) is 31.5 Å². The van der Waals surface area contributed by atoms with Gasteiger partial charge >= 0.3 is 0 Å². The van der Waals surface area contributed by atoms with E-state index in [-0.39, 0.29) is 11.6 Å². The number of benzene rings is 1. The number of nitrogens with zero attached hydrogens (tertiary/aromatic N) is 1. The first-order valence-corrected chi connectivity index (χ1v) is 9.22. The van der Waals surface area contributed by atoms with Gasteiger partial charge in [0.1, 0.15) is 15.7 Å². The minimum absolute atomic E-state index is 0.0862. The molecule has 0 aliphatic heterocycles. The Morgan fingerprint density at radius 3 is 2.67 bits per heavy atom. The lowest BCUT2D eigenvalue weighted by Gasteiger charge is -2.17. The van der Waals surface area contributed by atoms with E-state index in [1.807, 2.05) is 11.0 Å². The van der Waals surface area contributed by atoms with Crippen LogP contribution in [0, 0.1) is 5.82 Å². The molecule has 0 radical (unpaired) electrons. The van der Waals surface area contributed by atoms with Gasteiger partial charge in [-0.1, -0.05) is 19.1 Å². The van der Waals surface area contributed by atoms with Crippen molar-refractivity contribution in [2.24, 2.45) is 0 Å². The van der Waals surface area contributed by atoms with Crippen LogP contribution in [-0.4, -0.2) is 45.5 Å². The molecule has 1 aromatic rings. The third-order valence-corrected chi connectivity index (χ3v) is 4.07. The zero-order valence-corrected chi connectivity index (χ0v) is 13.8. The molecule has 4 nitrogen and oxygen atoms in total. The fourth-order valence-corrected chi connectivity index (χ4v) is 2.60. The molecule has 0 bridgehead atoms. The van der Waals surface area contributed by atoms with Crippen LogP contribution in [-0.2, 0) is 22.9 Å². The number of halogens is 1. The molecule has 1 rings (SSSR count). The maximum atomic E-state index is 13.8. The van der Waals surface area contributed by atoms with Crippen LogP contribution in [0.15, 0.2) is 18.2 Å². The number of nitrogens with one attached hydrogen (secondary N) is 1. The van der Waals surface area contributed by atoms with E-state index in [0.717, 1.165) is 18.5 Å². The number of rotatable bonds is 9. The van der Waals surface area contributed by atoms with Crippen molar-refractivity contribution in [3.05, 3.63) is 35.1 Å². The number of hydrogen-bond donors (Lipinski definition) is 1. The second-order valence-electron chi connectivity index (χ2n) is 5.47. The van der Waals surface area contributed by atoms with Crippen molar-refractivity contribution in [3.8, 4) is 0 Å². The van der Waals surface area contributed by atoms with Crippen LogP contribution in [0.3, 0.4) is 0 Å². The van der Waals surface area contributed by atoms with Crippen LogP contribution >= 0.6 is 0 Å². The van der Waals surface area contributed by atoms with E-state index >= 15 is 0 Å². The van der Waals surface area contributed by atoms with Crippen LogP contribution in [0.5, 0.6) is 0 Å². The number of sulfone groups is 1. The van der Waals surface area contributed by atoms with Crippen molar-refractivity contribution in [1.82, 2.24) is 10.2 Å². The van der Waals surface area contributed by atoms with Gasteiger partial charge in [-0.15, -0.1) is 0 Å². The Hall–Kier alpha value is -0.980. The normalized spacial score (nSPS) is 12.0. The quantitative estimate of drug-likeness (QED) is 0.706. The fraction of sp³-hybridized carbons (Fsp3) is 0.600. The molecule has 0 saturated heterocycles. The average molecular weight is 316 g/mol. The van der Waals surface area contributed by atoms with Crippen molar-refractivity contribution in [1.29, 1.82) is 0 Å². The fourth-order valence-electron chi connectivity index (χ4n) is 1.96. The van der Waals surface area contributed by atoms with Gasteiger partial charge in [-0.25, -0.2) is 12.8 Å². The molecule has 0 fully saturated rings. The standard InChI is InChI=1S/C15H25FN2O2S/c1-4-7-17-11-13-5-6-15(16)14(10-13)12-18(2)8-9-21(3,19)20/h5-6,10,17H,4,7-9,11-12H2,1-3H3. The third-order valence-electron chi connectivity index (χ3n) is 3.15. The van der Waals surface area contributed by atoms with Gasteiger partial charge in [0.05, 0.1) is 5.75 Å². The van der Waals surface area contributed by atoms with Crippen molar-refractivity contribution < 1.29 is 12.8 Å². The summed E-state index contributed by atoms with van der Waals surface area (Å²) < 4.78 is 36.1. The first kappa shape index (κ1) is 18.1. The summed E-state index contributed by atoms with van der Waals surface area (Å²) in [5, 5.41) is 3.28. The minimum Gasteiger partial charge on any atom is -0.313 e. The first-order chi connectivity index (χ1) is 9.81. The maximum Gasteiger partial charge on any atom is 0.148 e. The van der Waals surface area contributed by atoms with Crippen LogP contribution < -0.4 is 5.32 Å². The lowest BCUT2D eigenvalue weighted by atomic mass is 10.1. The predicted octanol–water partition coefficient (Wildman–Crippen LogP) is 1.80. The van der Waals surface area contributed by atoms with Crippen molar-refractivity contribution in [3.63, 3.8) is 0 Å². The zero-order chi connectivity index (χ0) is 15.9. The minimum atomic E-state index is -2.99. The van der Waals surface area contributed by atoms with Crippen molar-refractivity contribution >= 4 is 9.84 Å². The van der Waals surface area contributed by atoms with Gasteiger partial charge in [0.2, 0.25) is 0 Å². The maximum absolute atomic E-state index is 13.8. The van der Waals surface area contributed by atoms with Crippen molar-refractivity contribution in [2.75, 3.05) is 32.1 Å². The second-order valence-corrected chi connectivity index (χ2v) is 7.73. The largest absolute Gasteiger partial charge is 0.313 e. The van der Waals surface area contributed by atoms with E-state index in [0.29, 0.717) is 25.2 Å². The van der Waals surface area contributed by atoms with Gasteiger partial charge in [-0.3, -0.25) is 0 Å². The Kier molecular flexibility index (Phi) is 7.28. The molecule has 21 heavy (non-hydrogen) atoms. The molecule has 0 amide bonds. The molecule has 0 atom stereocenters. The summed E-state index contributed by atoms with van der Waals surface area (Å²) >= 11 is 0. The molecule has 0 saturated carbocycles. The van der Waals surface area contributed by atoms with Gasteiger partial charge in [-0.2, -0.15) is 0 Å². The number of hydrogen-bond acceptors (Lipinski definition) is 4. The summed E-state index contributed by atoms with van der Waals surface area (Å²) in [5.74, 6) is -0.163. The van der Waals surface area contributed by atoms with Gasteiger partial charge < -0.3 is 10.2 Å². The summed E-state index contributed by atoms with van der Waals surface area (Å²) in [6.07, 6.45) is 2.27. The van der Waals surface area contributed by atoms with Crippen LogP contribution in [0.4, 0.5) is 4.39 Å². The summed E-state index contributed by atoms with van der Waals surface area (Å²) in [4.78, 5) is 1.82. The van der Waals surface area contributed by atoms with E-state index in [4.69, 9.17) is 0 Å². The monoisotopic (exact) mass is 316 g/mol. The predicted molar refractivity (Wildman–Crippen MR) is 84.4 cm³/mol.